The molecule has 3 heteroatoms. The zero-order chi connectivity index (χ0) is 17.2. The van der Waals surface area contributed by atoms with Crippen molar-refractivity contribution < 1.29 is 9.47 Å². The first-order valence-electron chi connectivity index (χ1n) is 8.52. The first kappa shape index (κ1) is 17.1. The average Bonchev–Trinajstić information content (AvgIpc) is 2.68. The summed E-state index contributed by atoms with van der Waals surface area (Å²) < 4.78 is 11.4. The third-order valence-corrected chi connectivity index (χ3v) is 3.85. The van der Waals surface area contributed by atoms with E-state index in [9.17, 15) is 0 Å². The van der Waals surface area contributed by atoms with Crippen LogP contribution in [0, 0.1) is 0 Å². The molecule has 0 aliphatic rings. The Kier molecular flexibility index (Phi) is 6.48. The number of hydrogen-bond acceptors (Lipinski definition) is 3. The number of nitrogens with one attached hydrogen (secondary N) is 1. The summed E-state index contributed by atoms with van der Waals surface area (Å²) in [5.41, 5.74) is 3.48. The van der Waals surface area contributed by atoms with E-state index >= 15 is 0 Å². The van der Waals surface area contributed by atoms with Gasteiger partial charge in [-0.1, -0.05) is 60.7 Å². The molecular weight excluding hydrogens is 310 g/mol. The fourth-order valence-electron chi connectivity index (χ4n) is 2.47. The lowest BCUT2D eigenvalue weighted by molar-refractivity contribution is 0.138. The SMILES string of the molecule is c1ccc(CCOc2ccc(COCNc3ccccc3)cc2)cc1. The Morgan fingerprint density at radius 3 is 2.08 bits per heavy atom. The van der Waals surface area contributed by atoms with E-state index < -0.39 is 0 Å². The van der Waals surface area contributed by atoms with Crippen molar-refractivity contribution in [3.05, 3.63) is 96.1 Å². The Bertz CT molecular complexity index is 727. The second-order valence-corrected chi connectivity index (χ2v) is 5.76. The van der Waals surface area contributed by atoms with Crippen molar-refractivity contribution in [1.82, 2.24) is 0 Å². The second-order valence-electron chi connectivity index (χ2n) is 5.76. The summed E-state index contributed by atoms with van der Waals surface area (Å²) in [4.78, 5) is 0. The molecule has 0 spiro atoms. The Morgan fingerprint density at radius 2 is 1.36 bits per heavy atom. The third-order valence-electron chi connectivity index (χ3n) is 3.85. The predicted octanol–water partition coefficient (Wildman–Crippen LogP) is 4.89. The molecule has 3 rings (SSSR count). The van der Waals surface area contributed by atoms with Crippen LogP contribution in [0.3, 0.4) is 0 Å². The van der Waals surface area contributed by atoms with Gasteiger partial charge in [0.25, 0.3) is 0 Å². The first-order chi connectivity index (χ1) is 12.4. The van der Waals surface area contributed by atoms with Crippen molar-refractivity contribution in [3.8, 4) is 5.75 Å². The number of rotatable bonds is 9. The minimum absolute atomic E-state index is 0.485. The minimum Gasteiger partial charge on any atom is -0.493 e. The lowest BCUT2D eigenvalue weighted by Gasteiger charge is -2.09. The summed E-state index contributed by atoms with van der Waals surface area (Å²) in [5, 5.41) is 3.22. The van der Waals surface area contributed by atoms with Gasteiger partial charge in [-0.2, -0.15) is 0 Å². The zero-order valence-corrected chi connectivity index (χ0v) is 14.2. The van der Waals surface area contributed by atoms with Crippen LogP contribution in [0.4, 0.5) is 5.69 Å². The van der Waals surface area contributed by atoms with E-state index in [1.54, 1.807) is 0 Å². The standard InChI is InChI=1S/C22H23NO2/c1-3-7-19(8-4-1)15-16-25-22-13-11-20(12-14-22)17-24-18-23-21-9-5-2-6-10-21/h1-14,23H,15-18H2. The van der Waals surface area contributed by atoms with Gasteiger partial charge in [0.15, 0.2) is 0 Å². The van der Waals surface area contributed by atoms with Gasteiger partial charge in [0.1, 0.15) is 12.5 Å². The van der Waals surface area contributed by atoms with Crippen LogP contribution in [0.2, 0.25) is 0 Å². The Balaban J connectivity index is 1.35. The van der Waals surface area contributed by atoms with E-state index in [1.807, 2.05) is 60.7 Å². The van der Waals surface area contributed by atoms with E-state index in [-0.39, 0.29) is 0 Å². The third kappa shape index (κ3) is 5.98. The number of hydrogen-bond donors (Lipinski definition) is 1. The van der Waals surface area contributed by atoms with Crippen LogP contribution in [-0.4, -0.2) is 13.3 Å². The van der Waals surface area contributed by atoms with Gasteiger partial charge in [-0.05, 0) is 35.4 Å². The summed E-state index contributed by atoms with van der Waals surface area (Å²) in [6.07, 6.45) is 0.914. The van der Waals surface area contributed by atoms with Crippen LogP contribution >= 0.6 is 0 Å². The highest BCUT2D eigenvalue weighted by Crippen LogP contribution is 2.14. The summed E-state index contributed by atoms with van der Waals surface area (Å²) in [6, 6.07) is 28.5. The molecule has 3 nitrogen and oxygen atoms in total. The van der Waals surface area contributed by atoms with Crippen LogP contribution in [0.15, 0.2) is 84.9 Å². The van der Waals surface area contributed by atoms with Gasteiger partial charge in [0, 0.05) is 12.1 Å². The summed E-state index contributed by atoms with van der Waals surface area (Å²) in [5.74, 6) is 0.891. The van der Waals surface area contributed by atoms with Gasteiger partial charge < -0.3 is 14.8 Å². The van der Waals surface area contributed by atoms with Gasteiger partial charge >= 0.3 is 0 Å². The van der Waals surface area contributed by atoms with E-state index in [4.69, 9.17) is 9.47 Å². The Hall–Kier alpha value is -2.78. The molecule has 0 aromatic heterocycles. The highest BCUT2D eigenvalue weighted by Gasteiger charge is 1.98. The normalized spacial score (nSPS) is 10.4. The van der Waals surface area contributed by atoms with Crippen LogP contribution < -0.4 is 10.1 Å². The molecule has 0 heterocycles. The highest BCUT2D eigenvalue weighted by molar-refractivity contribution is 5.41. The molecule has 0 atom stereocenters. The van der Waals surface area contributed by atoms with Crippen molar-refractivity contribution in [2.75, 3.05) is 18.7 Å². The maximum Gasteiger partial charge on any atom is 0.119 e. The molecule has 3 aromatic rings. The zero-order valence-electron chi connectivity index (χ0n) is 14.2. The summed E-state index contributed by atoms with van der Waals surface area (Å²) >= 11 is 0. The lowest BCUT2D eigenvalue weighted by atomic mass is 10.2. The molecule has 0 fully saturated rings. The molecule has 3 aromatic carbocycles. The van der Waals surface area contributed by atoms with Crippen LogP contribution in [-0.2, 0) is 17.8 Å². The van der Waals surface area contributed by atoms with Gasteiger partial charge in [-0.15, -0.1) is 0 Å². The van der Waals surface area contributed by atoms with Crippen molar-refractivity contribution in [2.24, 2.45) is 0 Å². The molecule has 0 unspecified atom stereocenters. The van der Waals surface area contributed by atoms with E-state index in [1.165, 1.54) is 5.56 Å². The number of anilines is 1. The molecule has 0 bridgehead atoms. The quantitative estimate of drug-likeness (QED) is 0.446. The maximum atomic E-state index is 5.80. The maximum absolute atomic E-state index is 5.80. The predicted molar refractivity (Wildman–Crippen MR) is 102 cm³/mol. The largest absolute Gasteiger partial charge is 0.493 e. The molecule has 0 aliphatic heterocycles. The molecule has 0 radical (unpaired) electrons. The number of ether oxygens (including phenoxy) is 2. The fraction of sp³-hybridized carbons (Fsp3) is 0.182. The topological polar surface area (TPSA) is 30.5 Å². The molecule has 128 valence electrons. The summed E-state index contributed by atoms with van der Waals surface area (Å²) in [6.45, 7) is 1.74. The second kappa shape index (κ2) is 9.50. The monoisotopic (exact) mass is 333 g/mol. The lowest BCUT2D eigenvalue weighted by Crippen LogP contribution is -2.06. The van der Waals surface area contributed by atoms with Crippen molar-refractivity contribution in [2.45, 2.75) is 13.0 Å². The van der Waals surface area contributed by atoms with E-state index in [0.29, 0.717) is 19.9 Å². The molecule has 0 amide bonds. The van der Waals surface area contributed by atoms with Gasteiger partial charge in [0.2, 0.25) is 0 Å². The molecular formula is C22H23NO2. The van der Waals surface area contributed by atoms with Gasteiger partial charge in [0.05, 0.1) is 13.2 Å². The van der Waals surface area contributed by atoms with Crippen molar-refractivity contribution in [3.63, 3.8) is 0 Å². The highest BCUT2D eigenvalue weighted by atomic mass is 16.5. The minimum atomic E-state index is 0.485. The van der Waals surface area contributed by atoms with Gasteiger partial charge in [-0.3, -0.25) is 0 Å². The Morgan fingerprint density at radius 1 is 0.680 bits per heavy atom. The molecule has 0 saturated carbocycles. The van der Waals surface area contributed by atoms with E-state index in [0.717, 1.165) is 23.4 Å². The first-order valence-corrected chi connectivity index (χ1v) is 8.52. The smallest absolute Gasteiger partial charge is 0.119 e. The van der Waals surface area contributed by atoms with E-state index in [2.05, 4.69) is 29.6 Å². The number of benzene rings is 3. The summed E-state index contributed by atoms with van der Waals surface area (Å²) in [7, 11) is 0. The average molecular weight is 333 g/mol. The molecule has 25 heavy (non-hydrogen) atoms. The van der Waals surface area contributed by atoms with Crippen molar-refractivity contribution in [1.29, 1.82) is 0 Å². The Labute approximate surface area is 149 Å². The molecule has 0 saturated heterocycles. The number of para-hydroxylation sites is 1. The molecule has 1 N–H and O–H groups in total. The molecule has 0 aliphatic carbocycles. The van der Waals surface area contributed by atoms with Crippen molar-refractivity contribution >= 4 is 5.69 Å². The van der Waals surface area contributed by atoms with Crippen LogP contribution in [0.1, 0.15) is 11.1 Å². The fourth-order valence-corrected chi connectivity index (χ4v) is 2.47. The van der Waals surface area contributed by atoms with Gasteiger partial charge in [-0.25, -0.2) is 0 Å². The van der Waals surface area contributed by atoms with Crippen LogP contribution in [0.5, 0.6) is 5.75 Å². The van der Waals surface area contributed by atoms with Crippen LogP contribution in [0.25, 0.3) is 0 Å².